The topological polar surface area (TPSA) is 41.6 Å². The summed E-state index contributed by atoms with van der Waals surface area (Å²) in [6.07, 6.45) is 1.81. The lowest BCUT2D eigenvalue weighted by atomic mass is 10.0. The van der Waals surface area contributed by atoms with Crippen molar-refractivity contribution in [2.24, 2.45) is 0 Å². The lowest BCUT2D eigenvalue weighted by molar-refractivity contribution is 0.0853. The molecule has 96 valence electrons. The molecule has 0 aromatic heterocycles. The van der Waals surface area contributed by atoms with Crippen LogP contribution in [0, 0.1) is 0 Å². The second kappa shape index (κ2) is 4.90. The Bertz CT molecular complexity index is 472. The second-order valence-corrected chi connectivity index (χ2v) is 5.56. The molecule has 4 nitrogen and oxygen atoms in total. The summed E-state index contributed by atoms with van der Waals surface area (Å²) < 4.78 is 6.41. The van der Waals surface area contributed by atoms with Crippen LogP contribution in [0.5, 0.6) is 0 Å². The molecule has 1 aromatic carbocycles. The number of benzene rings is 1. The van der Waals surface area contributed by atoms with Gasteiger partial charge in [0.15, 0.2) is 0 Å². The van der Waals surface area contributed by atoms with Crippen molar-refractivity contribution in [1.82, 2.24) is 5.32 Å². The van der Waals surface area contributed by atoms with Gasteiger partial charge >= 0.3 is 6.03 Å². The average Bonchev–Trinajstić information content (AvgIpc) is 2.40. The molecule has 0 atom stereocenters. The summed E-state index contributed by atoms with van der Waals surface area (Å²) in [7, 11) is 0. The Hall–Kier alpha value is -1.07. The van der Waals surface area contributed by atoms with Gasteiger partial charge < -0.3 is 10.1 Å². The molecule has 18 heavy (non-hydrogen) atoms. The van der Waals surface area contributed by atoms with E-state index in [0.717, 1.165) is 41.8 Å². The van der Waals surface area contributed by atoms with Crippen LogP contribution < -0.4 is 10.2 Å². The lowest BCUT2D eigenvalue weighted by Crippen LogP contribution is -2.51. The maximum Gasteiger partial charge on any atom is 0.322 e. The number of hydrogen-bond donors (Lipinski definition) is 1. The van der Waals surface area contributed by atoms with Crippen molar-refractivity contribution < 1.29 is 9.53 Å². The fraction of sp³-hybridized carbons (Fsp3) is 0.462. The normalized spacial score (nSPS) is 20.5. The second-order valence-electron chi connectivity index (χ2n) is 4.65. The molecule has 2 aliphatic heterocycles. The van der Waals surface area contributed by atoms with Crippen molar-refractivity contribution in [2.75, 3.05) is 18.1 Å². The van der Waals surface area contributed by atoms with Crippen LogP contribution in [0.25, 0.3) is 0 Å². The third kappa shape index (κ3) is 2.12. The molecule has 3 rings (SSSR count). The van der Waals surface area contributed by atoms with E-state index in [0.29, 0.717) is 6.54 Å². The van der Waals surface area contributed by atoms with Crippen molar-refractivity contribution >= 4 is 27.6 Å². The monoisotopic (exact) mass is 310 g/mol. The molecule has 1 N–H and O–H groups in total. The van der Waals surface area contributed by atoms with Crippen molar-refractivity contribution in [3.05, 3.63) is 28.2 Å². The first kappa shape index (κ1) is 12.0. The minimum Gasteiger partial charge on any atom is -0.381 e. The van der Waals surface area contributed by atoms with Gasteiger partial charge in [-0.05, 0) is 36.6 Å². The molecule has 0 radical (unpaired) electrons. The molecule has 5 heteroatoms. The molecule has 1 fully saturated rings. The highest BCUT2D eigenvalue weighted by molar-refractivity contribution is 9.10. The Morgan fingerprint density at radius 1 is 1.33 bits per heavy atom. The molecule has 2 aliphatic rings. The quantitative estimate of drug-likeness (QED) is 0.866. The number of nitrogens with zero attached hydrogens (tertiary/aromatic N) is 1. The number of amides is 2. The zero-order valence-electron chi connectivity index (χ0n) is 9.99. The maximum atomic E-state index is 12.1. The van der Waals surface area contributed by atoms with Gasteiger partial charge in [-0.1, -0.05) is 15.9 Å². The Balaban J connectivity index is 1.95. The van der Waals surface area contributed by atoms with Crippen molar-refractivity contribution in [3.63, 3.8) is 0 Å². The SMILES string of the molecule is O=C1NCc2cc(Br)ccc2N1C1CCOCC1. The van der Waals surface area contributed by atoms with E-state index < -0.39 is 0 Å². The number of fused-ring (bicyclic) bond motifs is 1. The molecule has 0 spiro atoms. The van der Waals surface area contributed by atoms with Crippen LogP contribution in [0.1, 0.15) is 18.4 Å². The number of carbonyl (C=O) groups is 1. The number of halogens is 1. The molecule has 0 saturated carbocycles. The highest BCUT2D eigenvalue weighted by Crippen LogP contribution is 2.31. The van der Waals surface area contributed by atoms with Crippen LogP contribution >= 0.6 is 15.9 Å². The molecule has 2 amide bonds. The van der Waals surface area contributed by atoms with Gasteiger partial charge in [-0.2, -0.15) is 0 Å². The molecule has 1 saturated heterocycles. The molecule has 1 aromatic rings. The smallest absolute Gasteiger partial charge is 0.322 e. The summed E-state index contributed by atoms with van der Waals surface area (Å²) in [5.41, 5.74) is 2.20. The first-order valence-corrected chi connectivity index (χ1v) is 6.98. The number of ether oxygens (including phenoxy) is 1. The van der Waals surface area contributed by atoms with Crippen molar-refractivity contribution in [2.45, 2.75) is 25.4 Å². The minimum absolute atomic E-state index is 0.0109. The van der Waals surface area contributed by atoms with Crippen LogP contribution in [-0.2, 0) is 11.3 Å². The summed E-state index contributed by atoms with van der Waals surface area (Å²) in [5, 5.41) is 2.94. The molecule has 0 bridgehead atoms. The standard InChI is InChI=1S/C13H15BrN2O2/c14-10-1-2-12-9(7-10)8-15-13(17)16(12)11-3-5-18-6-4-11/h1-2,7,11H,3-6,8H2,(H,15,17). The Morgan fingerprint density at radius 2 is 2.11 bits per heavy atom. The van der Waals surface area contributed by atoms with E-state index >= 15 is 0 Å². The summed E-state index contributed by atoms with van der Waals surface area (Å²) in [6, 6.07) is 6.34. The van der Waals surface area contributed by atoms with Gasteiger partial charge in [-0.3, -0.25) is 4.90 Å². The highest BCUT2D eigenvalue weighted by Gasteiger charge is 2.31. The molecular weight excluding hydrogens is 296 g/mol. The van der Waals surface area contributed by atoms with E-state index in [2.05, 4.69) is 27.3 Å². The van der Waals surface area contributed by atoms with E-state index in [1.807, 2.05) is 17.0 Å². The lowest BCUT2D eigenvalue weighted by Gasteiger charge is -2.38. The fourth-order valence-electron chi connectivity index (χ4n) is 2.60. The predicted molar refractivity (Wildman–Crippen MR) is 72.7 cm³/mol. The molecule has 2 heterocycles. The molecule has 0 aliphatic carbocycles. The Labute approximate surface area is 114 Å². The maximum absolute atomic E-state index is 12.1. The van der Waals surface area contributed by atoms with Gasteiger partial charge in [0.25, 0.3) is 0 Å². The summed E-state index contributed by atoms with van der Waals surface area (Å²) in [6.45, 7) is 2.08. The van der Waals surface area contributed by atoms with Gasteiger partial charge in [-0.15, -0.1) is 0 Å². The summed E-state index contributed by atoms with van der Waals surface area (Å²) in [5.74, 6) is 0. The number of urea groups is 1. The minimum atomic E-state index is 0.0109. The Morgan fingerprint density at radius 3 is 2.89 bits per heavy atom. The van der Waals surface area contributed by atoms with E-state index in [-0.39, 0.29) is 12.1 Å². The first-order valence-electron chi connectivity index (χ1n) is 6.19. The van der Waals surface area contributed by atoms with Crippen LogP contribution in [0.15, 0.2) is 22.7 Å². The van der Waals surface area contributed by atoms with Gasteiger partial charge in [-0.25, -0.2) is 4.79 Å². The van der Waals surface area contributed by atoms with Crippen LogP contribution in [0.4, 0.5) is 10.5 Å². The van der Waals surface area contributed by atoms with Gasteiger partial charge in [0, 0.05) is 30.3 Å². The fourth-order valence-corrected chi connectivity index (χ4v) is 3.01. The Kier molecular flexibility index (Phi) is 3.26. The van der Waals surface area contributed by atoms with Gasteiger partial charge in [0.2, 0.25) is 0 Å². The van der Waals surface area contributed by atoms with E-state index in [1.165, 1.54) is 0 Å². The zero-order chi connectivity index (χ0) is 12.5. The van der Waals surface area contributed by atoms with E-state index in [1.54, 1.807) is 0 Å². The molecular formula is C13H15BrN2O2. The van der Waals surface area contributed by atoms with Gasteiger partial charge in [0.1, 0.15) is 0 Å². The zero-order valence-corrected chi connectivity index (χ0v) is 11.6. The number of anilines is 1. The van der Waals surface area contributed by atoms with Crippen LogP contribution in [-0.4, -0.2) is 25.3 Å². The molecule has 0 unspecified atom stereocenters. The number of nitrogens with one attached hydrogen (secondary N) is 1. The van der Waals surface area contributed by atoms with Crippen molar-refractivity contribution in [1.29, 1.82) is 0 Å². The van der Waals surface area contributed by atoms with Gasteiger partial charge in [0.05, 0.1) is 5.69 Å². The van der Waals surface area contributed by atoms with E-state index in [4.69, 9.17) is 4.74 Å². The van der Waals surface area contributed by atoms with Crippen molar-refractivity contribution in [3.8, 4) is 0 Å². The first-order chi connectivity index (χ1) is 8.75. The van der Waals surface area contributed by atoms with Crippen LogP contribution in [0.2, 0.25) is 0 Å². The third-order valence-corrected chi connectivity index (χ3v) is 4.00. The van der Waals surface area contributed by atoms with Crippen LogP contribution in [0.3, 0.4) is 0 Å². The summed E-state index contributed by atoms with van der Waals surface area (Å²) >= 11 is 3.47. The largest absolute Gasteiger partial charge is 0.381 e. The number of carbonyl (C=O) groups excluding carboxylic acids is 1. The average molecular weight is 311 g/mol. The number of hydrogen-bond acceptors (Lipinski definition) is 2. The third-order valence-electron chi connectivity index (χ3n) is 3.51. The summed E-state index contributed by atoms with van der Waals surface area (Å²) in [4.78, 5) is 14.0. The van der Waals surface area contributed by atoms with E-state index in [9.17, 15) is 4.79 Å². The predicted octanol–water partition coefficient (Wildman–Crippen LogP) is 2.66. The highest BCUT2D eigenvalue weighted by atomic mass is 79.9. The number of rotatable bonds is 1.